The minimum atomic E-state index is -0.640. The van der Waals surface area contributed by atoms with Gasteiger partial charge in [0.05, 0.1) is 24.1 Å². The SMILES string of the molecule is O=C(COC(=O)/C=C/c1ccccc1)Nc1ccccc1C(=O)NCc1ccco1. The lowest BCUT2D eigenvalue weighted by atomic mass is 10.1. The standard InChI is InChI=1S/C23H20N2O5/c26-21(16-30-22(27)13-12-17-7-2-1-3-8-17)25-20-11-5-4-10-19(20)23(28)24-15-18-9-6-14-29-18/h1-14H,15-16H2,(H,24,28)(H,25,26)/b13-12+. The molecule has 2 amide bonds. The Kier molecular flexibility index (Phi) is 7.16. The first kappa shape index (κ1) is 20.6. The molecule has 0 saturated heterocycles. The maximum Gasteiger partial charge on any atom is 0.331 e. The van der Waals surface area contributed by atoms with Crippen molar-refractivity contribution in [1.29, 1.82) is 0 Å². The molecule has 7 nitrogen and oxygen atoms in total. The number of esters is 1. The third-order valence-corrected chi connectivity index (χ3v) is 4.01. The summed E-state index contributed by atoms with van der Waals surface area (Å²) in [5.74, 6) is -0.952. The molecule has 0 aliphatic carbocycles. The van der Waals surface area contributed by atoms with E-state index in [4.69, 9.17) is 9.15 Å². The fourth-order valence-corrected chi connectivity index (χ4v) is 2.57. The van der Waals surface area contributed by atoms with Gasteiger partial charge in [0.15, 0.2) is 6.61 Å². The van der Waals surface area contributed by atoms with E-state index in [9.17, 15) is 14.4 Å². The fraction of sp³-hybridized carbons (Fsp3) is 0.0870. The van der Waals surface area contributed by atoms with Gasteiger partial charge in [-0.2, -0.15) is 0 Å². The van der Waals surface area contributed by atoms with Gasteiger partial charge in [0.2, 0.25) is 0 Å². The predicted molar refractivity (Wildman–Crippen MR) is 111 cm³/mol. The number of furan rings is 1. The summed E-state index contributed by atoms with van der Waals surface area (Å²) in [5.41, 5.74) is 1.44. The molecule has 3 rings (SSSR count). The number of para-hydroxylation sites is 1. The van der Waals surface area contributed by atoms with Crippen molar-refractivity contribution in [2.75, 3.05) is 11.9 Å². The quantitative estimate of drug-likeness (QED) is 0.443. The Hall–Kier alpha value is -4.13. The summed E-state index contributed by atoms with van der Waals surface area (Å²) in [6, 6.07) is 19.3. The number of hydrogen-bond acceptors (Lipinski definition) is 5. The molecule has 0 aliphatic rings. The van der Waals surface area contributed by atoms with Gasteiger partial charge >= 0.3 is 5.97 Å². The zero-order valence-corrected chi connectivity index (χ0v) is 16.0. The molecule has 0 saturated carbocycles. The van der Waals surface area contributed by atoms with Crippen molar-refractivity contribution in [3.05, 3.63) is 96.0 Å². The average Bonchev–Trinajstić information content (AvgIpc) is 3.29. The van der Waals surface area contributed by atoms with E-state index < -0.39 is 18.5 Å². The number of anilines is 1. The van der Waals surface area contributed by atoms with Crippen molar-refractivity contribution >= 4 is 29.5 Å². The molecule has 7 heteroatoms. The van der Waals surface area contributed by atoms with Gasteiger partial charge in [0, 0.05) is 6.08 Å². The Balaban J connectivity index is 1.51. The van der Waals surface area contributed by atoms with Crippen molar-refractivity contribution in [3.63, 3.8) is 0 Å². The summed E-state index contributed by atoms with van der Waals surface area (Å²) < 4.78 is 10.1. The molecular weight excluding hydrogens is 384 g/mol. The molecule has 2 N–H and O–H groups in total. The van der Waals surface area contributed by atoms with Crippen LogP contribution in [0.5, 0.6) is 0 Å². The minimum absolute atomic E-state index is 0.222. The number of amides is 2. The number of rotatable bonds is 8. The van der Waals surface area contributed by atoms with E-state index in [1.807, 2.05) is 30.3 Å². The van der Waals surface area contributed by atoms with Crippen molar-refractivity contribution < 1.29 is 23.5 Å². The van der Waals surface area contributed by atoms with E-state index in [1.54, 1.807) is 42.5 Å². The fourth-order valence-electron chi connectivity index (χ4n) is 2.57. The molecule has 0 spiro atoms. The Morgan fingerprint density at radius 2 is 1.70 bits per heavy atom. The Morgan fingerprint density at radius 3 is 2.47 bits per heavy atom. The number of benzene rings is 2. The molecule has 30 heavy (non-hydrogen) atoms. The van der Waals surface area contributed by atoms with Gasteiger partial charge in [-0.3, -0.25) is 9.59 Å². The van der Waals surface area contributed by atoms with E-state index in [2.05, 4.69) is 10.6 Å². The zero-order valence-electron chi connectivity index (χ0n) is 16.0. The Labute approximate surface area is 173 Å². The molecule has 3 aromatic rings. The highest BCUT2D eigenvalue weighted by Gasteiger charge is 2.14. The third kappa shape index (κ3) is 6.20. The van der Waals surface area contributed by atoms with E-state index in [1.165, 1.54) is 12.3 Å². The van der Waals surface area contributed by atoms with Crippen LogP contribution in [0.1, 0.15) is 21.7 Å². The predicted octanol–water partition coefficient (Wildman–Crippen LogP) is 3.40. The van der Waals surface area contributed by atoms with Crippen LogP contribution in [0.4, 0.5) is 5.69 Å². The van der Waals surface area contributed by atoms with Crippen LogP contribution in [0.2, 0.25) is 0 Å². The average molecular weight is 404 g/mol. The lowest BCUT2D eigenvalue weighted by Crippen LogP contribution is -2.26. The number of hydrogen-bond donors (Lipinski definition) is 2. The monoisotopic (exact) mass is 404 g/mol. The number of ether oxygens (including phenoxy) is 1. The second kappa shape index (κ2) is 10.4. The van der Waals surface area contributed by atoms with E-state index in [0.29, 0.717) is 11.4 Å². The second-order valence-corrected chi connectivity index (χ2v) is 6.21. The van der Waals surface area contributed by atoms with Crippen LogP contribution < -0.4 is 10.6 Å². The first-order chi connectivity index (χ1) is 14.6. The maximum absolute atomic E-state index is 12.4. The van der Waals surface area contributed by atoms with Crippen molar-refractivity contribution in [3.8, 4) is 0 Å². The summed E-state index contributed by atoms with van der Waals surface area (Å²) in [6.07, 6.45) is 4.36. The summed E-state index contributed by atoms with van der Waals surface area (Å²) in [6.45, 7) is -0.250. The van der Waals surface area contributed by atoms with Gasteiger partial charge in [0.1, 0.15) is 5.76 Å². The number of nitrogens with one attached hydrogen (secondary N) is 2. The zero-order chi connectivity index (χ0) is 21.2. The normalized spacial score (nSPS) is 10.5. The number of carbonyl (C=O) groups is 3. The molecule has 0 radical (unpaired) electrons. The van der Waals surface area contributed by atoms with Gasteiger partial charge in [-0.15, -0.1) is 0 Å². The van der Waals surface area contributed by atoms with Crippen LogP contribution in [0.3, 0.4) is 0 Å². The van der Waals surface area contributed by atoms with E-state index in [-0.39, 0.29) is 18.0 Å². The van der Waals surface area contributed by atoms with Crippen LogP contribution in [0.15, 0.2) is 83.5 Å². The van der Waals surface area contributed by atoms with E-state index >= 15 is 0 Å². The topological polar surface area (TPSA) is 97.6 Å². The molecule has 1 heterocycles. The van der Waals surface area contributed by atoms with Crippen LogP contribution in [0, 0.1) is 0 Å². The first-order valence-electron chi connectivity index (χ1n) is 9.21. The van der Waals surface area contributed by atoms with Gasteiger partial charge in [-0.25, -0.2) is 4.79 Å². The van der Waals surface area contributed by atoms with E-state index in [0.717, 1.165) is 5.56 Å². The smallest absolute Gasteiger partial charge is 0.331 e. The first-order valence-corrected chi connectivity index (χ1v) is 9.21. The molecule has 0 unspecified atom stereocenters. The highest BCUT2D eigenvalue weighted by Crippen LogP contribution is 2.15. The lowest BCUT2D eigenvalue weighted by molar-refractivity contribution is -0.142. The molecule has 2 aromatic carbocycles. The largest absolute Gasteiger partial charge is 0.467 e. The number of carbonyl (C=O) groups excluding carboxylic acids is 3. The van der Waals surface area contributed by atoms with Gasteiger partial charge in [0.25, 0.3) is 11.8 Å². The summed E-state index contributed by atoms with van der Waals surface area (Å²) in [7, 11) is 0. The maximum atomic E-state index is 12.4. The lowest BCUT2D eigenvalue weighted by Gasteiger charge is -2.11. The molecule has 0 atom stereocenters. The summed E-state index contributed by atoms with van der Waals surface area (Å²) >= 11 is 0. The minimum Gasteiger partial charge on any atom is -0.467 e. The Morgan fingerprint density at radius 1 is 0.933 bits per heavy atom. The molecule has 0 bridgehead atoms. The van der Waals surface area contributed by atoms with Crippen molar-refractivity contribution in [2.45, 2.75) is 6.54 Å². The highest BCUT2D eigenvalue weighted by atomic mass is 16.5. The Bertz CT molecular complexity index is 1030. The molecule has 0 aliphatic heterocycles. The molecule has 0 fully saturated rings. The van der Waals surface area contributed by atoms with Gasteiger partial charge in [-0.1, -0.05) is 42.5 Å². The molecule has 1 aromatic heterocycles. The van der Waals surface area contributed by atoms with Crippen LogP contribution in [-0.4, -0.2) is 24.4 Å². The van der Waals surface area contributed by atoms with Crippen LogP contribution in [0.25, 0.3) is 6.08 Å². The van der Waals surface area contributed by atoms with Crippen LogP contribution >= 0.6 is 0 Å². The van der Waals surface area contributed by atoms with Gasteiger partial charge in [-0.05, 0) is 35.9 Å². The third-order valence-electron chi connectivity index (χ3n) is 4.01. The summed E-state index contributed by atoms with van der Waals surface area (Å²) in [4.78, 5) is 36.4. The molecular formula is C23H20N2O5. The van der Waals surface area contributed by atoms with Crippen LogP contribution in [-0.2, 0) is 20.9 Å². The summed E-state index contributed by atoms with van der Waals surface area (Å²) in [5, 5.41) is 5.31. The highest BCUT2D eigenvalue weighted by molar-refractivity contribution is 6.04. The van der Waals surface area contributed by atoms with Gasteiger partial charge < -0.3 is 19.8 Å². The van der Waals surface area contributed by atoms with Crippen molar-refractivity contribution in [1.82, 2.24) is 5.32 Å². The second-order valence-electron chi connectivity index (χ2n) is 6.21. The van der Waals surface area contributed by atoms with Crippen molar-refractivity contribution in [2.24, 2.45) is 0 Å². The molecule has 152 valence electrons.